The summed E-state index contributed by atoms with van der Waals surface area (Å²) in [6.07, 6.45) is 1.34. The van der Waals surface area contributed by atoms with Crippen LogP contribution in [0, 0.1) is 20.8 Å². The van der Waals surface area contributed by atoms with E-state index in [2.05, 4.69) is 12.0 Å². The zero-order valence-corrected chi connectivity index (χ0v) is 12.1. The summed E-state index contributed by atoms with van der Waals surface area (Å²) in [5.74, 6) is 0.241. The number of carbonyl (C=O) groups is 1. The molecule has 0 atom stereocenters. The summed E-state index contributed by atoms with van der Waals surface area (Å²) in [7, 11) is 1.94. The van der Waals surface area contributed by atoms with Crippen LogP contribution in [0.25, 0.3) is 0 Å². The Balaban J connectivity index is 2.09. The molecule has 96 valence electrons. The van der Waals surface area contributed by atoms with Crippen molar-refractivity contribution in [2.45, 2.75) is 33.6 Å². The topological polar surface area (TPSA) is 34.9 Å². The molecule has 3 nitrogen and oxygen atoms in total. The van der Waals surface area contributed by atoms with Gasteiger partial charge < -0.3 is 0 Å². The molecule has 0 aliphatic heterocycles. The van der Waals surface area contributed by atoms with Crippen molar-refractivity contribution in [2.75, 3.05) is 0 Å². The number of rotatable bonds is 4. The van der Waals surface area contributed by atoms with E-state index in [-0.39, 0.29) is 5.78 Å². The Kier molecular flexibility index (Phi) is 3.66. The highest BCUT2D eigenvalue weighted by Crippen LogP contribution is 2.20. The highest BCUT2D eigenvalue weighted by atomic mass is 32.1. The fourth-order valence-electron chi connectivity index (χ4n) is 2.19. The summed E-state index contributed by atoms with van der Waals surface area (Å²) in [6.45, 7) is 6.05. The molecule has 2 aromatic heterocycles. The molecule has 0 spiro atoms. The molecule has 0 saturated carbocycles. The molecule has 0 amide bonds. The summed E-state index contributed by atoms with van der Waals surface area (Å²) in [4.78, 5) is 13.0. The fourth-order valence-corrected chi connectivity index (χ4v) is 3.09. The third-order valence-corrected chi connectivity index (χ3v) is 4.43. The predicted molar refractivity (Wildman–Crippen MR) is 74.4 cm³/mol. The van der Waals surface area contributed by atoms with Crippen molar-refractivity contribution in [3.8, 4) is 0 Å². The average molecular weight is 262 g/mol. The molecule has 2 heterocycles. The van der Waals surface area contributed by atoms with Crippen LogP contribution in [0.1, 0.15) is 38.6 Å². The van der Waals surface area contributed by atoms with E-state index >= 15 is 0 Å². The molecule has 0 bridgehead atoms. The van der Waals surface area contributed by atoms with Crippen molar-refractivity contribution >= 4 is 17.1 Å². The van der Waals surface area contributed by atoms with Crippen molar-refractivity contribution in [3.05, 3.63) is 38.8 Å². The molecule has 0 aromatic carbocycles. The van der Waals surface area contributed by atoms with Gasteiger partial charge in [0.25, 0.3) is 0 Å². The van der Waals surface area contributed by atoms with Gasteiger partial charge in [0.05, 0.1) is 10.6 Å². The Bertz CT molecular complexity index is 581. The van der Waals surface area contributed by atoms with Crippen LogP contribution in [-0.4, -0.2) is 15.6 Å². The van der Waals surface area contributed by atoms with Gasteiger partial charge >= 0.3 is 0 Å². The first kappa shape index (κ1) is 13.0. The molecule has 4 heteroatoms. The summed E-state index contributed by atoms with van der Waals surface area (Å²) in [5, 5.41) is 6.35. The van der Waals surface area contributed by atoms with Gasteiger partial charge in [-0.25, -0.2) is 0 Å². The summed E-state index contributed by atoms with van der Waals surface area (Å²) in [5.41, 5.74) is 4.48. The third kappa shape index (κ3) is 2.38. The number of thiophene rings is 1. The number of nitrogens with zero attached hydrogens (tertiary/aromatic N) is 2. The van der Waals surface area contributed by atoms with Crippen LogP contribution in [0.3, 0.4) is 0 Å². The van der Waals surface area contributed by atoms with Crippen molar-refractivity contribution in [2.24, 2.45) is 7.05 Å². The standard InChI is InChI=1S/C14H18N2OS/c1-9-7-8-18-14(9)13(17)6-5-12-10(2)15-16(4)11(12)3/h7-8H,5-6H2,1-4H3. The van der Waals surface area contributed by atoms with Gasteiger partial charge in [0.1, 0.15) is 0 Å². The zero-order valence-electron chi connectivity index (χ0n) is 11.3. The largest absolute Gasteiger partial charge is 0.293 e. The van der Waals surface area contributed by atoms with Gasteiger partial charge in [-0.05, 0) is 49.8 Å². The first-order valence-corrected chi connectivity index (χ1v) is 6.95. The molecule has 2 rings (SSSR count). The van der Waals surface area contributed by atoms with E-state index in [1.54, 1.807) is 0 Å². The van der Waals surface area contributed by atoms with Gasteiger partial charge in [0.15, 0.2) is 5.78 Å². The maximum atomic E-state index is 12.1. The van der Waals surface area contributed by atoms with E-state index in [4.69, 9.17) is 0 Å². The second-order valence-electron chi connectivity index (χ2n) is 4.63. The van der Waals surface area contributed by atoms with Gasteiger partial charge in [-0.15, -0.1) is 11.3 Å². The number of hydrogen-bond donors (Lipinski definition) is 0. The minimum absolute atomic E-state index is 0.241. The molecule has 0 aliphatic rings. The second-order valence-corrected chi connectivity index (χ2v) is 5.55. The molecular formula is C14H18N2OS. The lowest BCUT2D eigenvalue weighted by atomic mass is 10.0. The van der Waals surface area contributed by atoms with Crippen LogP contribution < -0.4 is 0 Å². The van der Waals surface area contributed by atoms with E-state index in [9.17, 15) is 4.79 Å². The Morgan fingerprint density at radius 1 is 1.39 bits per heavy atom. The van der Waals surface area contributed by atoms with E-state index in [1.807, 2.05) is 37.0 Å². The Morgan fingerprint density at radius 2 is 2.11 bits per heavy atom. The molecule has 0 unspecified atom stereocenters. The smallest absolute Gasteiger partial charge is 0.173 e. The highest BCUT2D eigenvalue weighted by molar-refractivity contribution is 7.12. The quantitative estimate of drug-likeness (QED) is 0.793. The lowest BCUT2D eigenvalue weighted by Gasteiger charge is -2.02. The van der Waals surface area contributed by atoms with Crippen LogP contribution in [0.4, 0.5) is 0 Å². The van der Waals surface area contributed by atoms with Crippen LogP contribution in [-0.2, 0) is 13.5 Å². The molecule has 2 aromatic rings. The molecule has 0 N–H and O–H groups in total. The van der Waals surface area contributed by atoms with Crippen LogP contribution in [0.5, 0.6) is 0 Å². The minimum Gasteiger partial charge on any atom is -0.293 e. The van der Waals surface area contributed by atoms with Crippen molar-refractivity contribution < 1.29 is 4.79 Å². The molecule has 0 radical (unpaired) electrons. The maximum Gasteiger partial charge on any atom is 0.173 e. The van der Waals surface area contributed by atoms with Gasteiger partial charge in [0.2, 0.25) is 0 Å². The van der Waals surface area contributed by atoms with Crippen LogP contribution in [0.15, 0.2) is 11.4 Å². The van der Waals surface area contributed by atoms with Crippen LogP contribution in [0.2, 0.25) is 0 Å². The highest BCUT2D eigenvalue weighted by Gasteiger charge is 2.14. The molecular weight excluding hydrogens is 244 g/mol. The third-order valence-electron chi connectivity index (χ3n) is 3.38. The fraction of sp³-hybridized carbons (Fsp3) is 0.429. The van der Waals surface area contributed by atoms with Crippen LogP contribution >= 0.6 is 11.3 Å². The van der Waals surface area contributed by atoms with Crippen molar-refractivity contribution in [1.29, 1.82) is 0 Å². The first-order valence-electron chi connectivity index (χ1n) is 6.07. The van der Waals surface area contributed by atoms with Crippen molar-refractivity contribution in [3.63, 3.8) is 0 Å². The van der Waals surface area contributed by atoms with Gasteiger partial charge in [-0.1, -0.05) is 0 Å². The molecule has 0 saturated heterocycles. The average Bonchev–Trinajstić information content (AvgIpc) is 2.83. The Hall–Kier alpha value is -1.42. The maximum absolute atomic E-state index is 12.1. The monoisotopic (exact) mass is 262 g/mol. The lowest BCUT2D eigenvalue weighted by molar-refractivity contribution is 0.0986. The lowest BCUT2D eigenvalue weighted by Crippen LogP contribution is -2.02. The molecule has 0 aliphatic carbocycles. The number of aromatic nitrogens is 2. The van der Waals surface area contributed by atoms with Gasteiger partial charge in [-0.2, -0.15) is 5.10 Å². The number of Topliss-reactive ketones (excluding diaryl/α,β-unsaturated/α-hetero) is 1. The summed E-state index contributed by atoms with van der Waals surface area (Å²) in [6, 6.07) is 2.00. The predicted octanol–water partition coefficient (Wildman–Crippen LogP) is 3.22. The first-order chi connectivity index (χ1) is 8.50. The zero-order chi connectivity index (χ0) is 13.3. The van der Waals surface area contributed by atoms with Gasteiger partial charge in [0, 0.05) is 19.2 Å². The van der Waals surface area contributed by atoms with Gasteiger partial charge in [-0.3, -0.25) is 9.48 Å². The normalized spacial score (nSPS) is 10.9. The SMILES string of the molecule is Cc1ccsc1C(=O)CCc1c(C)nn(C)c1C. The number of ketones is 1. The summed E-state index contributed by atoms with van der Waals surface area (Å²) >= 11 is 1.54. The van der Waals surface area contributed by atoms with E-state index in [1.165, 1.54) is 16.9 Å². The number of carbonyl (C=O) groups excluding carboxylic acids is 1. The molecule has 0 fully saturated rings. The van der Waals surface area contributed by atoms with E-state index in [0.29, 0.717) is 6.42 Å². The number of hydrogen-bond acceptors (Lipinski definition) is 3. The van der Waals surface area contributed by atoms with E-state index < -0.39 is 0 Å². The number of aryl methyl sites for hydroxylation is 3. The summed E-state index contributed by atoms with van der Waals surface area (Å²) < 4.78 is 1.88. The van der Waals surface area contributed by atoms with E-state index in [0.717, 1.165) is 28.2 Å². The van der Waals surface area contributed by atoms with Crippen molar-refractivity contribution in [1.82, 2.24) is 9.78 Å². The Labute approximate surface area is 111 Å². The second kappa shape index (κ2) is 5.06. The minimum atomic E-state index is 0.241. The Morgan fingerprint density at radius 3 is 2.61 bits per heavy atom. The molecule has 18 heavy (non-hydrogen) atoms.